The number of nitrogens with one attached hydrogen (secondary N) is 2. The van der Waals surface area contributed by atoms with E-state index < -0.39 is 121 Å². The van der Waals surface area contributed by atoms with Crippen LogP contribution >= 0.6 is 0 Å². The van der Waals surface area contributed by atoms with Crippen molar-refractivity contribution in [2.45, 2.75) is 191 Å². The third kappa shape index (κ3) is 9.62. The molecule has 11 heterocycles. The van der Waals surface area contributed by atoms with Crippen molar-refractivity contribution in [3.05, 3.63) is 69.3 Å². The molecule has 3 aromatic heterocycles. The minimum Gasteiger partial charge on any atom is -0.394 e. The Morgan fingerprint density at radius 2 is 0.757 bits per heavy atom. The number of aliphatic hydroxyl groups excluding tert-OH is 4. The van der Waals surface area contributed by atoms with Crippen LogP contribution in [-0.2, 0) is 56.8 Å². The Balaban J connectivity index is 1.24. The molecule has 12 atom stereocenters. The van der Waals surface area contributed by atoms with Gasteiger partial charge in [0.2, 0.25) is 0 Å². The van der Waals surface area contributed by atoms with E-state index in [1.807, 2.05) is 104 Å². The zero-order valence-electron chi connectivity index (χ0n) is 44.0. The van der Waals surface area contributed by atoms with Gasteiger partial charge in [0.25, 0.3) is 0 Å². The van der Waals surface area contributed by atoms with Gasteiger partial charge >= 0.3 is 0 Å². The average Bonchev–Trinajstić information content (AvgIpc) is 4.16. The first-order chi connectivity index (χ1) is 34.7. The van der Waals surface area contributed by atoms with Gasteiger partial charge < -0.3 is 87.2 Å². The molecule has 0 spiro atoms. The number of ether oxygens (including phenoxy) is 12. The maximum Gasteiger partial charge on any atom is 0.164 e. The van der Waals surface area contributed by atoms with Crippen LogP contribution in [0.1, 0.15) is 153 Å². The van der Waals surface area contributed by atoms with E-state index in [1.54, 1.807) is 27.7 Å². The van der Waals surface area contributed by atoms with Crippen LogP contribution in [0.5, 0.6) is 0 Å². The van der Waals surface area contributed by atoms with Crippen molar-refractivity contribution in [3.63, 3.8) is 0 Å². The van der Waals surface area contributed by atoms with Crippen molar-refractivity contribution in [1.29, 1.82) is 0 Å². The number of aliphatic hydroxyl groups is 4. The quantitative estimate of drug-likeness (QED) is 0.0881. The highest BCUT2D eigenvalue weighted by Crippen LogP contribution is 2.50. The number of nitrogens with zero attached hydrogens (tertiary/aromatic N) is 2. The molecule has 6 saturated heterocycles. The first-order valence-corrected chi connectivity index (χ1v) is 25.5. The normalized spacial score (nSPS) is 34.0. The van der Waals surface area contributed by atoms with Crippen molar-refractivity contribution in [1.82, 2.24) is 19.9 Å². The van der Waals surface area contributed by atoms with E-state index in [0.29, 0.717) is 67.1 Å². The number of rotatable bonds is 10. The number of hydrogen-bond acceptors (Lipinski definition) is 18. The van der Waals surface area contributed by atoms with E-state index in [9.17, 15) is 20.4 Å². The zero-order chi connectivity index (χ0) is 52.7. The molecule has 6 N–H and O–H groups in total. The van der Waals surface area contributed by atoms with Crippen LogP contribution in [0.4, 0.5) is 0 Å². The van der Waals surface area contributed by atoms with E-state index in [4.69, 9.17) is 66.8 Å². The predicted octanol–water partition coefficient (Wildman–Crippen LogP) is 6.44. The Morgan fingerprint density at radius 3 is 1.11 bits per heavy atom. The number of aromatic nitrogens is 4. The average molecular weight is 1030 g/mol. The summed E-state index contributed by atoms with van der Waals surface area (Å²) in [5, 5.41) is 43.7. The molecular weight excluding hydrogens is 961 g/mol. The van der Waals surface area contributed by atoms with Gasteiger partial charge in [-0.3, -0.25) is 0 Å². The van der Waals surface area contributed by atoms with E-state index in [-0.39, 0.29) is 13.2 Å². The highest BCUT2D eigenvalue weighted by atomic mass is 16.8. The Hall–Kier alpha value is -4.04. The summed E-state index contributed by atoms with van der Waals surface area (Å²) >= 11 is 0. The molecule has 0 saturated carbocycles. The van der Waals surface area contributed by atoms with Gasteiger partial charge in [0, 0.05) is 44.3 Å². The van der Waals surface area contributed by atoms with Crippen molar-refractivity contribution >= 4 is 46.4 Å². The molecule has 8 aliphatic heterocycles. The molecule has 0 unspecified atom stereocenters. The maximum absolute atomic E-state index is 11.4. The largest absolute Gasteiger partial charge is 0.394 e. The molecule has 0 radical (unpaired) electrons. The highest BCUT2D eigenvalue weighted by molar-refractivity contribution is 5.84. The fourth-order valence-corrected chi connectivity index (χ4v) is 11.6. The first kappa shape index (κ1) is 52.0. The second kappa shape index (κ2) is 18.3. The molecule has 11 rings (SSSR count). The lowest BCUT2D eigenvalue weighted by Gasteiger charge is -2.24. The lowest BCUT2D eigenvalue weighted by atomic mass is 9.97. The predicted molar refractivity (Wildman–Crippen MR) is 266 cm³/mol. The summed E-state index contributed by atoms with van der Waals surface area (Å²) < 4.78 is 78.5. The van der Waals surface area contributed by atoms with E-state index in [2.05, 4.69) is 9.97 Å². The number of fused-ring (bicyclic) bond motifs is 8. The molecular formula is C54H70N4O16. The third-order valence-corrected chi connectivity index (χ3v) is 14.5. The summed E-state index contributed by atoms with van der Waals surface area (Å²) in [7, 11) is 0. The minimum atomic E-state index is -1.33. The van der Waals surface area contributed by atoms with Crippen molar-refractivity contribution in [2.75, 3.05) is 26.4 Å². The second-order valence-corrected chi connectivity index (χ2v) is 23.0. The molecule has 0 amide bonds. The van der Waals surface area contributed by atoms with Crippen LogP contribution in [0.2, 0.25) is 0 Å². The Bertz CT molecular complexity index is 2770. The third-order valence-electron chi connectivity index (χ3n) is 14.5. The maximum atomic E-state index is 11.4. The molecule has 20 heteroatoms. The molecule has 0 aromatic carbocycles. The monoisotopic (exact) mass is 1030 g/mol. The van der Waals surface area contributed by atoms with Crippen molar-refractivity contribution in [3.8, 4) is 0 Å². The SMILES string of the molecule is CC1(C)O[C@H]([C@H](O)CO)[C@@H](c2c3nc(c([C@H]4OC(C)(C)O[C@@H]4[C@H]4COC(C)(C)O4)c4nc(c([C@H]5OC(C)(C)O[C@@H]5[C@H](O)CO)c5ccc([nH]5)c([C@H]5OC(C)(C)O[C@@H]5[C@H]5COC(C)(C)O5)c5ccc2[nH]5)C=C4)C=C3)O1. The van der Waals surface area contributed by atoms with Crippen LogP contribution in [0, 0.1) is 0 Å². The molecule has 3 aromatic rings. The van der Waals surface area contributed by atoms with E-state index >= 15 is 0 Å². The zero-order valence-corrected chi connectivity index (χ0v) is 44.0. The van der Waals surface area contributed by atoms with Crippen LogP contribution < -0.4 is 0 Å². The lowest BCUT2D eigenvalue weighted by molar-refractivity contribution is -0.174. The number of aromatic amines is 2. The fraction of sp³-hybridized carbons (Fsp3) is 0.630. The second-order valence-electron chi connectivity index (χ2n) is 23.0. The first-order valence-electron chi connectivity index (χ1n) is 25.5. The lowest BCUT2D eigenvalue weighted by Crippen LogP contribution is -2.35. The summed E-state index contributed by atoms with van der Waals surface area (Å²) in [4.78, 5) is 18.2. The van der Waals surface area contributed by atoms with Gasteiger partial charge in [-0.25, -0.2) is 9.97 Å². The Morgan fingerprint density at radius 1 is 0.432 bits per heavy atom. The van der Waals surface area contributed by atoms with Crippen molar-refractivity contribution < 1.29 is 77.3 Å². The summed E-state index contributed by atoms with van der Waals surface area (Å²) in [5.41, 5.74) is 6.61. The van der Waals surface area contributed by atoms with Gasteiger partial charge in [-0.1, -0.05) is 0 Å². The van der Waals surface area contributed by atoms with Crippen LogP contribution in [-0.4, -0.2) is 150 Å². The van der Waals surface area contributed by atoms with Crippen LogP contribution in [0.15, 0.2) is 24.3 Å². The smallest absolute Gasteiger partial charge is 0.164 e. The standard InChI is InChI=1S/C54H70N4O16/c1-49(2)63-23-35(65-49)43-47(73-53(9,10)69-43)39-29-17-13-25(55-29)37(45-41(33(61)21-59)67-51(5,6)71-45)27-15-19-31(57-27)40(48-44(70-54(11,12)74-48)36-24-64-50(3,4)66-36)32-20-16-28(58-32)38(26-14-18-30(39)56-26)46-42(34(62)22-60)68-52(7,8)72-46/h13-20,33-36,41-48,55-56,59-62H,21-24H2,1-12H3/t33-,34-,35-,36-,41-,42-,43-,44-,45-,46-,47-,48-/m1/s1. The topological polar surface area (TPSA) is 249 Å². The summed E-state index contributed by atoms with van der Waals surface area (Å²) in [6.45, 7) is 21.2. The van der Waals surface area contributed by atoms with Crippen molar-refractivity contribution in [2.24, 2.45) is 0 Å². The summed E-state index contributed by atoms with van der Waals surface area (Å²) in [5.74, 6) is -6.26. The van der Waals surface area contributed by atoms with Gasteiger partial charge in [0.15, 0.2) is 34.7 Å². The molecule has 6 fully saturated rings. The number of hydrogen-bond donors (Lipinski definition) is 6. The van der Waals surface area contributed by atoms with Gasteiger partial charge in [0.1, 0.15) is 73.2 Å². The highest BCUT2D eigenvalue weighted by Gasteiger charge is 2.54. The van der Waals surface area contributed by atoms with Crippen LogP contribution in [0.25, 0.3) is 46.4 Å². The fourth-order valence-electron chi connectivity index (χ4n) is 11.6. The molecule has 8 bridgehead atoms. The van der Waals surface area contributed by atoms with Gasteiger partial charge in [0.05, 0.1) is 49.2 Å². The van der Waals surface area contributed by atoms with Gasteiger partial charge in [-0.05, 0) is 132 Å². The van der Waals surface area contributed by atoms with Crippen LogP contribution in [0.3, 0.4) is 0 Å². The van der Waals surface area contributed by atoms with E-state index in [1.165, 1.54) is 0 Å². The van der Waals surface area contributed by atoms with Gasteiger partial charge in [-0.15, -0.1) is 0 Å². The van der Waals surface area contributed by atoms with E-state index in [0.717, 1.165) is 0 Å². The Labute approximate surface area is 429 Å². The molecule has 8 aliphatic rings. The minimum absolute atomic E-state index is 0.238. The summed E-state index contributed by atoms with van der Waals surface area (Å²) in [6, 6.07) is 7.70. The molecule has 0 aliphatic carbocycles. The molecule has 74 heavy (non-hydrogen) atoms. The summed E-state index contributed by atoms with van der Waals surface area (Å²) in [6.07, 6.45) is -3.13. The molecule has 402 valence electrons. The van der Waals surface area contributed by atoms with Gasteiger partial charge in [-0.2, -0.15) is 0 Å². The Kier molecular flexibility index (Phi) is 12.9. The molecule has 20 nitrogen and oxygen atoms in total. The number of H-pyrrole nitrogens is 2.